The van der Waals surface area contributed by atoms with Gasteiger partial charge >= 0.3 is 0 Å². The average Bonchev–Trinajstić information content (AvgIpc) is 0.811. The van der Waals surface area contributed by atoms with Gasteiger partial charge in [-0.1, -0.05) is 19.6 Å². The maximum Gasteiger partial charge on any atom is 0.0379 e. The third kappa shape index (κ3) is 62.8. The number of hydrogen-bond donors (Lipinski definition) is 0. The van der Waals surface area contributed by atoms with Gasteiger partial charge in [0.15, 0.2) is 0 Å². The molecule has 0 aliphatic rings. The van der Waals surface area contributed by atoms with Crippen LogP contribution in [0.25, 0.3) is 0 Å². The first-order valence-corrected chi connectivity index (χ1v) is 4.50. The molecule has 0 rings (SSSR count). The summed E-state index contributed by atoms with van der Waals surface area (Å²) in [7, 11) is 0.120. The Hall–Kier alpha value is 0.760. The zero-order valence-electron chi connectivity index (χ0n) is 4.00. The minimum atomic E-state index is 0. The molecule has 0 aromatic heterocycles. The van der Waals surface area contributed by atoms with E-state index in [9.17, 15) is 0 Å². The summed E-state index contributed by atoms with van der Waals surface area (Å²) in [6.45, 7) is 6.81. The zero-order chi connectivity index (χ0) is 3.58. The maximum absolute atomic E-state index is 2.27. The molecule has 0 aromatic rings. The molecule has 2 heteroatoms. The second kappa shape index (κ2) is 4.76. The van der Waals surface area contributed by atoms with Gasteiger partial charge in [0.25, 0.3) is 0 Å². The van der Waals surface area contributed by atoms with Crippen LogP contribution in [0.2, 0.25) is 19.6 Å². The molecule has 0 N–H and O–H groups in total. The largest absolute Gasteiger partial charge is 0.0715 e. The summed E-state index contributed by atoms with van der Waals surface area (Å²) in [6, 6.07) is 0. The van der Waals surface area contributed by atoms with E-state index in [0.717, 1.165) is 0 Å². The first-order chi connectivity index (χ1) is 1.73. The molecule has 29 valence electrons. The van der Waals surface area contributed by atoms with Crippen LogP contribution in [-0.2, 0) is 0 Å². The Morgan fingerprint density at radius 2 is 1.00 bits per heavy atom. The molecule has 0 spiro atoms. The van der Waals surface area contributed by atoms with Crippen LogP contribution in [-0.4, -0.2) is 26.4 Å². The normalized spacial score (nSPS) is 7.20. The van der Waals surface area contributed by atoms with Crippen LogP contribution in [0.3, 0.4) is 0 Å². The fraction of sp³-hybridized carbons (Fsp3) is 1.00. The van der Waals surface area contributed by atoms with E-state index in [-0.39, 0.29) is 26.4 Å². The van der Waals surface area contributed by atoms with Crippen molar-refractivity contribution in [1.29, 1.82) is 0 Å². The summed E-state index contributed by atoms with van der Waals surface area (Å²) in [5, 5.41) is 0. The van der Waals surface area contributed by atoms with E-state index in [1.807, 2.05) is 0 Å². The van der Waals surface area contributed by atoms with Gasteiger partial charge in [0.2, 0.25) is 0 Å². The van der Waals surface area contributed by atoms with E-state index < -0.39 is 0 Å². The van der Waals surface area contributed by atoms with Crippen LogP contribution in [0, 0.1) is 0 Å². The Bertz CT molecular complexity index is 11.6. The monoisotopic (exact) mass is 147 g/mol. The van der Waals surface area contributed by atoms with Crippen LogP contribution in [0.15, 0.2) is 0 Å². The van der Waals surface area contributed by atoms with Crippen molar-refractivity contribution in [2.45, 2.75) is 19.6 Å². The van der Waals surface area contributed by atoms with Crippen molar-refractivity contribution >= 4 is 26.4 Å². The topological polar surface area (TPSA) is 0 Å². The van der Waals surface area contributed by atoms with Gasteiger partial charge in [0.1, 0.15) is 0 Å². The van der Waals surface area contributed by atoms with Crippen molar-refractivity contribution in [3.63, 3.8) is 0 Å². The first-order valence-electron chi connectivity index (χ1n) is 1.50. The van der Waals surface area contributed by atoms with E-state index >= 15 is 0 Å². The molecule has 0 heterocycles. The Morgan fingerprint density at radius 3 is 1.00 bits per heavy atom. The van der Waals surface area contributed by atoms with Gasteiger partial charge in [-0.25, -0.2) is 0 Å². The third-order valence-electron chi connectivity index (χ3n) is 0. The quantitative estimate of drug-likeness (QED) is 0.447. The fourth-order valence-electron chi connectivity index (χ4n) is 0. The number of hydrogen-bond acceptors (Lipinski definition) is 0. The predicted molar refractivity (Wildman–Crippen MR) is 29.1 cm³/mol. The Balaban J connectivity index is 0. The summed E-state index contributed by atoms with van der Waals surface area (Å²) in [5.74, 6) is 0. The predicted octanol–water partition coefficient (Wildman–Crippen LogP) is 0.990. The van der Waals surface area contributed by atoms with Crippen molar-refractivity contribution in [2.75, 3.05) is 0 Å². The van der Waals surface area contributed by atoms with Gasteiger partial charge in [0, 0.05) is 26.4 Å². The third-order valence-corrected chi connectivity index (χ3v) is 0. The second-order valence-corrected chi connectivity index (χ2v) is 4.50. The molecular weight excluding hydrogens is 137 g/mol. The van der Waals surface area contributed by atoms with Gasteiger partial charge in [0.05, 0.1) is 0 Å². The molecule has 0 amide bonds. The molecule has 5 heavy (non-hydrogen) atoms. The standard InChI is InChI=1S/C3H9Si.Ge/c1-4(2)3;/h1-3H3;. The molecule has 0 aromatic carbocycles. The molecule has 0 aliphatic heterocycles. The summed E-state index contributed by atoms with van der Waals surface area (Å²) in [5.41, 5.74) is 0. The van der Waals surface area contributed by atoms with Gasteiger partial charge in [-0.2, -0.15) is 0 Å². The second-order valence-electron chi connectivity index (χ2n) is 1.50. The molecule has 0 saturated heterocycles. The van der Waals surface area contributed by atoms with E-state index in [2.05, 4.69) is 19.6 Å². The fourth-order valence-corrected chi connectivity index (χ4v) is 0. The van der Waals surface area contributed by atoms with E-state index in [4.69, 9.17) is 0 Å². The summed E-state index contributed by atoms with van der Waals surface area (Å²) >= 11 is 0. The molecule has 0 unspecified atom stereocenters. The molecule has 0 nitrogen and oxygen atoms in total. The molecule has 5 radical (unpaired) electrons. The van der Waals surface area contributed by atoms with Crippen LogP contribution in [0.1, 0.15) is 0 Å². The van der Waals surface area contributed by atoms with Crippen LogP contribution >= 0.6 is 0 Å². The SMILES string of the molecule is C[Si](C)C.[Ge]. The van der Waals surface area contributed by atoms with Crippen LogP contribution in [0.4, 0.5) is 0 Å². The van der Waals surface area contributed by atoms with Gasteiger partial charge in [-0.05, 0) is 0 Å². The summed E-state index contributed by atoms with van der Waals surface area (Å²) in [6.07, 6.45) is 0. The van der Waals surface area contributed by atoms with Gasteiger partial charge in [-0.3, -0.25) is 0 Å². The van der Waals surface area contributed by atoms with Crippen LogP contribution in [0.5, 0.6) is 0 Å². The Morgan fingerprint density at radius 1 is 1.00 bits per heavy atom. The zero-order valence-corrected chi connectivity index (χ0v) is 7.10. The number of rotatable bonds is 0. The minimum Gasteiger partial charge on any atom is -0.0715 e. The molecule has 0 bridgehead atoms. The Labute approximate surface area is 46.5 Å². The molecule has 0 aliphatic carbocycles. The molecular formula is C3H9GeSi. The van der Waals surface area contributed by atoms with E-state index in [1.54, 1.807) is 0 Å². The van der Waals surface area contributed by atoms with E-state index in [0.29, 0.717) is 0 Å². The van der Waals surface area contributed by atoms with Crippen molar-refractivity contribution in [3.8, 4) is 0 Å². The molecule has 0 fully saturated rings. The van der Waals surface area contributed by atoms with E-state index in [1.165, 1.54) is 0 Å². The summed E-state index contributed by atoms with van der Waals surface area (Å²) in [4.78, 5) is 0. The molecule has 0 atom stereocenters. The Kier molecular flexibility index (Phi) is 8.79. The summed E-state index contributed by atoms with van der Waals surface area (Å²) < 4.78 is 0. The van der Waals surface area contributed by atoms with Crippen molar-refractivity contribution in [2.24, 2.45) is 0 Å². The first kappa shape index (κ1) is 9.23. The van der Waals surface area contributed by atoms with Gasteiger partial charge in [-0.15, -0.1) is 0 Å². The molecule has 0 saturated carbocycles. The average molecular weight is 146 g/mol. The van der Waals surface area contributed by atoms with Gasteiger partial charge < -0.3 is 0 Å². The van der Waals surface area contributed by atoms with Crippen molar-refractivity contribution in [3.05, 3.63) is 0 Å². The van der Waals surface area contributed by atoms with Crippen molar-refractivity contribution in [1.82, 2.24) is 0 Å². The van der Waals surface area contributed by atoms with Crippen LogP contribution < -0.4 is 0 Å². The van der Waals surface area contributed by atoms with Crippen molar-refractivity contribution < 1.29 is 0 Å². The maximum atomic E-state index is 2.27. The minimum absolute atomic E-state index is 0. The smallest absolute Gasteiger partial charge is 0.0379 e.